The number of pyridine rings is 1. The van der Waals surface area contributed by atoms with Gasteiger partial charge in [0.2, 0.25) is 0 Å². The second-order valence-corrected chi connectivity index (χ2v) is 8.87. The Morgan fingerprint density at radius 1 is 1.28 bits per heavy atom. The van der Waals surface area contributed by atoms with E-state index in [1.165, 1.54) is 21.8 Å². The lowest BCUT2D eigenvalue weighted by Gasteiger charge is -2.11. The van der Waals surface area contributed by atoms with Crippen LogP contribution in [0.2, 0.25) is 0 Å². The van der Waals surface area contributed by atoms with Gasteiger partial charge in [0.1, 0.15) is 0 Å². The van der Waals surface area contributed by atoms with Crippen LogP contribution in [0.15, 0.2) is 18.3 Å². The zero-order valence-corrected chi connectivity index (χ0v) is 18.3. The molecule has 1 N–H and O–H groups in total. The first kappa shape index (κ1) is 19.6. The number of anilines is 1. The summed E-state index contributed by atoms with van der Waals surface area (Å²) in [5.41, 5.74) is 6.46. The van der Waals surface area contributed by atoms with E-state index in [1.54, 1.807) is 14.1 Å². The Morgan fingerprint density at radius 2 is 2.07 bits per heavy atom. The summed E-state index contributed by atoms with van der Waals surface area (Å²) in [7, 11) is 3.45. The summed E-state index contributed by atoms with van der Waals surface area (Å²) in [4.78, 5) is 23.9. The molecule has 0 aliphatic heterocycles. The van der Waals surface area contributed by atoms with Crippen LogP contribution in [-0.2, 0) is 12.8 Å². The number of aryl methyl sites for hydroxylation is 2. The van der Waals surface area contributed by atoms with Crippen molar-refractivity contribution in [2.75, 3.05) is 19.4 Å². The van der Waals surface area contributed by atoms with E-state index in [1.807, 2.05) is 19.2 Å². The first-order chi connectivity index (χ1) is 13.8. The van der Waals surface area contributed by atoms with Crippen LogP contribution >= 0.6 is 11.3 Å². The summed E-state index contributed by atoms with van der Waals surface area (Å²) in [6.07, 6.45) is 4.75. The molecule has 3 heterocycles. The fourth-order valence-electron chi connectivity index (χ4n) is 3.56. The van der Waals surface area contributed by atoms with E-state index >= 15 is 0 Å². The fraction of sp³-hybridized carbons (Fsp3) is 0.429. The molecule has 0 saturated carbocycles. The van der Waals surface area contributed by atoms with Crippen molar-refractivity contribution < 1.29 is 4.79 Å². The number of urea groups is 1. The number of hydrogen-bond donors (Lipinski definition) is 1. The van der Waals surface area contributed by atoms with Gasteiger partial charge in [0.15, 0.2) is 5.13 Å². The van der Waals surface area contributed by atoms with Gasteiger partial charge in [-0.1, -0.05) is 11.3 Å². The number of amides is 2. The smallest absolute Gasteiger partial charge is 0.323 e. The van der Waals surface area contributed by atoms with Crippen LogP contribution in [0.5, 0.6) is 0 Å². The Morgan fingerprint density at radius 3 is 2.72 bits per heavy atom. The largest absolute Gasteiger partial charge is 0.331 e. The molecule has 0 atom stereocenters. The predicted octanol–water partition coefficient (Wildman–Crippen LogP) is 4.54. The molecule has 0 radical (unpaired) electrons. The molecular weight excluding hydrogens is 384 g/mol. The molecule has 29 heavy (non-hydrogen) atoms. The molecule has 0 aromatic carbocycles. The van der Waals surface area contributed by atoms with Crippen LogP contribution in [0.25, 0.3) is 21.8 Å². The Kier molecular flexibility index (Phi) is 5.12. The predicted molar refractivity (Wildman–Crippen MR) is 116 cm³/mol. The lowest BCUT2D eigenvalue weighted by atomic mass is 10.0. The maximum Gasteiger partial charge on any atom is 0.323 e. The summed E-state index contributed by atoms with van der Waals surface area (Å²) in [6.45, 7) is 6.28. The van der Waals surface area contributed by atoms with Gasteiger partial charge in [0.25, 0.3) is 0 Å². The number of hydrogen-bond acceptors (Lipinski definition) is 5. The van der Waals surface area contributed by atoms with Crippen LogP contribution in [-0.4, -0.2) is 44.8 Å². The summed E-state index contributed by atoms with van der Waals surface area (Å²) in [6, 6.07) is 4.16. The van der Waals surface area contributed by atoms with E-state index in [4.69, 9.17) is 10.1 Å². The van der Waals surface area contributed by atoms with Gasteiger partial charge in [-0.15, -0.1) is 0 Å². The molecule has 0 spiro atoms. The standard InChI is InChI=1S/C21H26N6OS/c1-12(2)27-18-15(17(25-27)14-10-9-13(3)22-11-14)7-6-8-16-19(18)29-20(23-16)24-21(28)26(4)5/h9-12H,6-8H2,1-5H3,(H,23,24,28). The SMILES string of the molecule is Cc1ccc(-c2nn(C(C)C)c3c2CCCc2nc(NC(=O)N(C)C)sc2-3)cn1. The van der Waals surface area contributed by atoms with Gasteiger partial charge in [0.05, 0.1) is 22.0 Å². The second kappa shape index (κ2) is 7.59. The monoisotopic (exact) mass is 410 g/mol. The molecule has 3 aromatic heterocycles. The number of nitrogens with one attached hydrogen (secondary N) is 1. The highest BCUT2D eigenvalue weighted by Gasteiger charge is 2.28. The molecule has 1 aliphatic rings. The Labute approximate surface area is 174 Å². The van der Waals surface area contributed by atoms with Crippen molar-refractivity contribution in [3.63, 3.8) is 0 Å². The zero-order valence-electron chi connectivity index (χ0n) is 17.5. The number of carbonyl (C=O) groups excluding carboxylic acids is 1. The van der Waals surface area contributed by atoms with Gasteiger partial charge in [-0.25, -0.2) is 9.78 Å². The summed E-state index contributed by atoms with van der Waals surface area (Å²) in [5.74, 6) is 0. The minimum absolute atomic E-state index is 0.169. The van der Waals surface area contributed by atoms with E-state index < -0.39 is 0 Å². The molecule has 0 bridgehead atoms. The van der Waals surface area contributed by atoms with Crippen molar-refractivity contribution >= 4 is 22.5 Å². The Balaban J connectivity index is 1.85. The summed E-state index contributed by atoms with van der Waals surface area (Å²) in [5, 5.41) is 8.52. The molecule has 3 aromatic rings. The molecule has 0 saturated heterocycles. The lowest BCUT2D eigenvalue weighted by molar-refractivity contribution is 0.230. The topological polar surface area (TPSA) is 75.9 Å². The van der Waals surface area contributed by atoms with Crippen molar-refractivity contribution in [3.8, 4) is 21.8 Å². The van der Waals surface area contributed by atoms with Crippen molar-refractivity contribution in [1.82, 2.24) is 24.6 Å². The highest BCUT2D eigenvalue weighted by atomic mass is 32.1. The third kappa shape index (κ3) is 3.64. The van der Waals surface area contributed by atoms with Gasteiger partial charge >= 0.3 is 6.03 Å². The molecule has 7 nitrogen and oxygen atoms in total. The molecule has 2 amide bonds. The van der Waals surface area contributed by atoms with Gasteiger partial charge in [0, 0.05) is 43.2 Å². The molecular formula is C21H26N6OS. The number of carbonyl (C=O) groups is 1. The number of aromatic nitrogens is 4. The number of thiazole rings is 1. The Bertz CT molecular complexity index is 1050. The molecule has 152 valence electrons. The minimum atomic E-state index is -0.169. The van der Waals surface area contributed by atoms with Crippen LogP contribution in [0.3, 0.4) is 0 Å². The Hall–Kier alpha value is -2.74. The average Bonchev–Trinajstić information content (AvgIpc) is 3.19. The third-order valence-corrected chi connectivity index (χ3v) is 6.08. The van der Waals surface area contributed by atoms with Crippen molar-refractivity contribution in [1.29, 1.82) is 0 Å². The van der Waals surface area contributed by atoms with Gasteiger partial charge in [-0.05, 0) is 52.2 Å². The average molecular weight is 411 g/mol. The van der Waals surface area contributed by atoms with E-state index in [0.717, 1.165) is 52.5 Å². The summed E-state index contributed by atoms with van der Waals surface area (Å²) < 4.78 is 2.10. The quantitative estimate of drug-likeness (QED) is 0.688. The van der Waals surface area contributed by atoms with E-state index in [0.29, 0.717) is 5.13 Å². The van der Waals surface area contributed by atoms with Crippen molar-refractivity contribution in [2.45, 2.75) is 46.1 Å². The molecule has 8 heteroatoms. The highest BCUT2D eigenvalue weighted by molar-refractivity contribution is 7.19. The highest BCUT2D eigenvalue weighted by Crippen LogP contribution is 2.43. The van der Waals surface area contributed by atoms with E-state index in [9.17, 15) is 4.79 Å². The molecule has 0 unspecified atom stereocenters. The second-order valence-electron chi connectivity index (χ2n) is 7.88. The lowest BCUT2D eigenvalue weighted by Crippen LogP contribution is -2.27. The zero-order chi connectivity index (χ0) is 20.7. The maximum absolute atomic E-state index is 12.1. The van der Waals surface area contributed by atoms with Gasteiger partial charge in [-0.3, -0.25) is 15.0 Å². The molecule has 1 aliphatic carbocycles. The van der Waals surface area contributed by atoms with Crippen molar-refractivity contribution in [2.24, 2.45) is 0 Å². The normalized spacial score (nSPS) is 13.0. The van der Waals surface area contributed by atoms with E-state index in [2.05, 4.69) is 34.9 Å². The van der Waals surface area contributed by atoms with Crippen LogP contribution in [0.1, 0.15) is 43.3 Å². The number of rotatable bonds is 3. The fourth-order valence-corrected chi connectivity index (χ4v) is 4.62. The van der Waals surface area contributed by atoms with Gasteiger partial charge in [-0.2, -0.15) is 5.10 Å². The van der Waals surface area contributed by atoms with E-state index in [-0.39, 0.29) is 12.1 Å². The number of fused-ring (bicyclic) bond motifs is 3. The van der Waals surface area contributed by atoms with Crippen LogP contribution < -0.4 is 5.32 Å². The maximum atomic E-state index is 12.1. The van der Waals surface area contributed by atoms with Crippen molar-refractivity contribution in [3.05, 3.63) is 35.3 Å². The first-order valence-corrected chi connectivity index (χ1v) is 10.7. The molecule has 0 fully saturated rings. The first-order valence-electron chi connectivity index (χ1n) is 9.88. The number of nitrogens with zero attached hydrogens (tertiary/aromatic N) is 5. The van der Waals surface area contributed by atoms with Crippen LogP contribution in [0.4, 0.5) is 9.93 Å². The van der Waals surface area contributed by atoms with Gasteiger partial charge < -0.3 is 4.90 Å². The van der Waals surface area contributed by atoms with Crippen LogP contribution in [0, 0.1) is 6.92 Å². The molecule has 4 rings (SSSR count). The minimum Gasteiger partial charge on any atom is -0.331 e. The third-order valence-electron chi connectivity index (χ3n) is 5.06. The summed E-state index contributed by atoms with van der Waals surface area (Å²) >= 11 is 1.53.